The van der Waals surface area contributed by atoms with Gasteiger partial charge < -0.3 is 15.8 Å². The summed E-state index contributed by atoms with van der Waals surface area (Å²) in [5, 5.41) is 12.0. The number of oxime groups is 1. The SMILES string of the molecule is CC1CCc2ccccc2N1CCC(C)(C)C(N)=NO. The summed E-state index contributed by atoms with van der Waals surface area (Å²) in [5.74, 6) is 0.301. The van der Waals surface area contributed by atoms with Gasteiger partial charge in [-0.2, -0.15) is 0 Å². The van der Waals surface area contributed by atoms with Gasteiger partial charge in [-0.25, -0.2) is 0 Å². The smallest absolute Gasteiger partial charge is 0.144 e. The summed E-state index contributed by atoms with van der Waals surface area (Å²) in [5.41, 5.74) is 8.24. The molecule has 0 spiro atoms. The molecule has 1 aromatic rings. The van der Waals surface area contributed by atoms with E-state index in [1.807, 2.05) is 13.8 Å². The van der Waals surface area contributed by atoms with Gasteiger partial charge in [0.15, 0.2) is 0 Å². The number of nitrogens with zero attached hydrogens (tertiary/aromatic N) is 2. The first-order chi connectivity index (χ1) is 9.45. The molecule has 0 aliphatic carbocycles. The Kier molecular flexibility index (Phi) is 4.21. The zero-order valence-electron chi connectivity index (χ0n) is 12.6. The van der Waals surface area contributed by atoms with Crippen molar-refractivity contribution in [3.63, 3.8) is 0 Å². The maximum atomic E-state index is 8.87. The summed E-state index contributed by atoms with van der Waals surface area (Å²) in [4.78, 5) is 2.45. The second-order valence-electron chi connectivity index (χ2n) is 6.33. The molecule has 0 saturated carbocycles. The van der Waals surface area contributed by atoms with E-state index in [9.17, 15) is 0 Å². The second-order valence-corrected chi connectivity index (χ2v) is 6.33. The lowest BCUT2D eigenvalue weighted by Gasteiger charge is -2.39. The Balaban J connectivity index is 2.13. The monoisotopic (exact) mass is 275 g/mol. The highest BCUT2D eigenvalue weighted by Gasteiger charge is 2.28. The molecule has 4 nitrogen and oxygen atoms in total. The number of hydrogen-bond acceptors (Lipinski definition) is 3. The molecular formula is C16H25N3O. The van der Waals surface area contributed by atoms with E-state index in [2.05, 4.69) is 41.2 Å². The van der Waals surface area contributed by atoms with Crippen LogP contribution in [0.25, 0.3) is 0 Å². The number of benzene rings is 1. The summed E-state index contributed by atoms with van der Waals surface area (Å²) >= 11 is 0. The van der Waals surface area contributed by atoms with Crippen molar-refractivity contribution in [3.8, 4) is 0 Å². The molecule has 110 valence electrons. The Morgan fingerprint density at radius 2 is 2.15 bits per heavy atom. The van der Waals surface area contributed by atoms with E-state index in [0.717, 1.165) is 19.4 Å². The second kappa shape index (κ2) is 5.73. The van der Waals surface area contributed by atoms with Crippen LogP contribution in [-0.4, -0.2) is 23.6 Å². The summed E-state index contributed by atoms with van der Waals surface area (Å²) in [6.07, 6.45) is 3.19. The van der Waals surface area contributed by atoms with Crippen LogP contribution in [0, 0.1) is 5.41 Å². The molecule has 1 aliphatic rings. The fraction of sp³-hybridized carbons (Fsp3) is 0.562. The fourth-order valence-corrected chi connectivity index (χ4v) is 2.76. The largest absolute Gasteiger partial charge is 0.409 e. The van der Waals surface area contributed by atoms with Crippen molar-refractivity contribution in [1.82, 2.24) is 0 Å². The Labute approximate surface area is 121 Å². The number of nitrogens with two attached hydrogens (primary N) is 1. The van der Waals surface area contributed by atoms with Gasteiger partial charge in [0, 0.05) is 23.7 Å². The molecule has 20 heavy (non-hydrogen) atoms. The van der Waals surface area contributed by atoms with E-state index in [1.54, 1.807) is 0 Å². The third kappa shape index (κ3) is 2.89. The third-order valence-corrected chi connectivity index (χ3v) is 4.44. The van der Waals surface area contributed by atoms with E-state index < -0.39 is 0 Å². The number of amidine groups is 1. The predicted octanol–water partition coefficient (Wildman–Crippen LogP) is 2.99. The van der Waals surface area contributed by atoms with Gasteiger partial charge >= 0.3 is 0 Å². The highest BCUT2D eigenvalue weighted by Crippen LogP contribution is 2.32. The van der Waals surface area contributed by atoms with Crippen molar-refractivity contribution in [3.05, 3.63) is 29.8 Å². The molecule has 0 radical (unpaired) electrons. The van der Waals surface area contributed by atoms with E-state index in [1.165, 1.54) is 17.7 Å². The quantitative estimate of drug-likeness (QED) is 0.384. The van der Waals surface area contributed by atoms with Crippen LogP contribution < -0.4 is 10.6 Å². The summed E-state index contributed by atoms with van der Waals surface area (Å²) in [6.45, 7) is 7.22. The average molecular weight is 275 g/mol. The number of anilines is 1. The van der Waals surface area contributed by atoms with Crippen LogP contribution in [0.1, 0.15) is 39.2 Å². The molecule has 1 heterocycles. The minimum atomic E-state index is -0.291. The van der Waals surface area contributed by atoms with Crippen LogP contribution in [0.3, 0.4) is 0 Å². The van der Waals surface area contributed by atoms with Gasteiger partial charge in [0.1, 0.15) is 5.84 Å². The molecule has 1 aliphatic heterocycles. The zero-order chi connectivity index (χ0) is 14.8. The van der Waals surface area contributed by atoms with Crippen molar-refractivity contribution < 1.29 is 5.21 Å². The Hall–Kier alpha value is -1.71. The highest BCUT2D eigenvalue weighted by molar-refractivity contribution is 5.85. The number of aryl methyl sites for hydroxylation is 1. The van der Waals surface area contributed by atoms with Gasteiger partial charge in [0.2, 0.25) is 0 Å². The zero-order valence-corrected chi connectivity index (χ0v) is 12.6. The van der Waals surface area contributed by atoms with Gasteiger partial charge in [-0.15, -0.1) is 0 Å². The summed E-state index contributed by atoms with van der Waals surface area (Å²) in [6, 6.07) is 9.14. The van der Waals surface area contributed by atoms with E-state index in [-0.39, 0.29) is 5.41 Å². The molecule has 2 rings (SSSR count). The molecule has 0 fully saturated rings. The van der Waals surface area contributed by atoms with Gasteiger partial charge in [0.05, 0.1) is 0 Å². The van der Waals surface area contributed by atoms with E-state index in [4.69, 9.17) is 10.9 Å². The number of fused-ring (bicyclic) bond motifs is 1. The first kappa shape index (κ1) is 14.7. The van der Waals surface area contributed by atoms with E-state index in [0.29, 0.717) is 11.9 Å². The average Bonchev–Trinajstić information content (AvgIpc) is 2.45. The molecule has 1 unspecified atom stereocenters. The first-order valence-electron chi connectivity index (χ1n) is 7.28. The topological polar surface area (TPSA) is 61.8 Å². The minimum absolute atomic E-state index is 0.291. The van der Waals surface area contributed by atoms with Crippen LogP contribution in [0.2, 0.25) is 0 Å². The lowest BCUT2D eigenvalue weighted by Crippen LogP contribution is -2.41. The molecule has 0 saturated heterocycles. The van der Waals surface area contributed by atoms with Crippen molar-refractivity contribution in [2.24, 2.45) is 16.3 Å². The number of para-hydroxylation sites is 1. The molecular weight excluding hydrogens is 250 g/mol. The number of rotatable bonds is 4. The maximum Gasteiger partial charge on any atom is 0.144 e. The van der Waals surface area contributed by atoms with Gasteiger partial charge in [-0.1, -0.05) is 37.2 Å². The van der Waals surface area contributed by atoms with E-state index >= 15 is 0 Å². The van der Waals surface area contributed by atoms with Crippen molar-refractivity contribution in [2.45, 2.75) is 46.1 Å². The van der Waals surface area contributed by atoms with Gasteiger partial charge in [-0.05, 0) is 37.8 Å². The summed E-state index contributed by atoms with van der Waals surface area (Å²) in [7, 11) is 0. The van der Waals surface area contributed by atoms with Crippen LogP contribution in [0.4, 0.5) is 5.69 Å². The van der Waals surface area contributed by atoms with Crippen LogP contribution >= 0.6 is 0 Å². The standard InChI is InChI=1S/C16H25N3O/c1-12-8-9-13-6-4-5-7-14(13)19(12)11-10-16(2,3)15(17)18-20/h4-7,12,20H,8-11H2,1-3H3,(H2,17,18). The molecule has 1 aromatic carbocycles. The highest BCUT2D eigenvalue weighted by atomic mass is 16.4. The Morgan fingerprint density at radius 1 is 1.45 bits per heavy atom. The van der Waals surface area contributed by atoms with Gasteiger partial charge in [-0.3, -0.25) is 0 Å². The third-order valence-electron chi connectivity index (χ3n) is 4.44. The molecule has 3 N–H and O–H groups in total. The molecule has 1 atom stereocenters. The molecule has 4 heteroatoms. The summed E-state index contributed by atoms with van der Waals surface area (Å²) < 4.78 is 0. The van der Waals surface area contributed by atoms with Gasteiger partial charge in [0.25, 0.3) is 0 Å². The van der Waals surface area contributed by atoms with Crippen molar-refractivity contribution >= 4 is 11.5 Å². The van der Waals surface area contributed by atoms with Crippen LogP contribution in [-0.2, 0) is 6.42 Å². The van der Waals surface area contributed by atoms with Crippen LogP contribution in [0.5, 0.6) is 0 Å². The maximum absolute atomic E-state index is 8.87. The minimum Gasteiger partial charge on any atom is -0.409 e. The van der Waals surface area contributed by atoms with Crippen LogP contribution in [0.15, 0.2) is 29.4 Å². The Bertz CT molecular complexity index is 496. The molecule has 0 bridgehead atoms. The predicted molar refractivity (Wildman–Crippen MR) is 83.4 cm³/mol. The Morgan fingerprint density at radius 3 is 2.85 bits per heavy atom. The van der Waals surface area contributed by atoms with Crippen molar-refractivity contribution in [1.29, 1.82) is 0 Å². The lowest BCUT2D eigenvalue weighted by molar-refractivity contribution is 0.305. The normalized spacial score (nSPS) is 19.9. The fourth-order valence-electron chi connectivity index (χ4n) is 2.76. The number of hydrogen-bond donors (Lipinski definition) is 2. The van der Waals surface area contributed by atoms with Crippen molar-refractivity contribution in [2.75, 3.05) is 11.4 Å². The molecule has 0 aromatic heterocycles. The molecule has 0 amide bonds. The lowest BCUT2D eigenvalue weighted by atomic mass is 9.87. The first-order valence-corrected chi connectivity index (χ1v) is 7.28.